The number of hydrogen-bond acceptors (Lipinski definition) is 5. The Morgan fingerprint density at radius 2 is 1.80 bits per heavy atom. The van der Waals surface area contributed by atoms with E-state index in [4.69, 9.17) is 4.74 Å². The molecule has 7 heteroatoms. The van der Waals surface area contributed by atoms with Gasteiger partial charge in [0.1, 0.15) is 5.75 Å². The number of amides is 2. The van der Waals surface area contributed by atoms with Crippen molar-refractivity contribution < 1.29 is 14.3 Å². The largest absolute Gasteiger partial charge is 0.480 e. The molecule has 6 nitrogen and oxygen atoms in total. The van der Waals surface area contributed by atoms with Crippen LogP contribution in [0.25, 0.3) is 10.2 Å². The maximum atomic E-state index is 12.7. The van der Waals surface area contributed by atoms with Gasteiger partial charge in [0, 0.05) is 17.7 Å². The minimum absolute atomic E-state index is 0.241. The molecule has 1 unspecified atom stereocenters. The molecule has 0 saturated carbocycles. The fourth-order valence-corrected chi connectivity index (χ4v) is 4.25. The van der Waals surface area contributed by atoms with Gasteiger partial charge in [-0.15, -0.1) is 0 Å². The number of para-hydroxylation sites is 2. The summed E-state index contributed by atoms with van der Waals surface area (Å²) < 4.78 is 6.73. The lowest BCUT2D eigenvalue weighted by Gasteiger charge is -2.12. The van der Waals surface area contributed by atoms with Gasteiger partial charge in [-0.05, 0) is 42.0 Å². The number of ether oxygens (including phenoxy) is 1. The quantitative estimate of drug-likeness (QED) is 0.515. The summed E-state index contributed by atoms with van der Waals surface area (Å²) in [4.78, 5) is 29.7. The molecule has 0 spiro atoms. The van der Waals surface area contributed by atoms with Crippen LogP contribution >= 0.6 is 11.3 Å². The van der Waals surface area contributed by atoms with Gasteiger partial charge in [0.15, 0.2) is 11.2 Å². The number of aromatic nitrogens is 1. The second kappa shape index (κ2) is 7.61. The summed E-state index contributed by atoms with van der Waals surface area (Å²) in [6.07, 6.45) is -0.0533. The Morgan fingerprint density at radius 3 is 2.67 bits per heavy atom. The van der Waals surface area contributed by atoms with E-state index in [0.717, 1.165) is 21.5 Å². The molecule has 4 aromatic rings. The first-order valence-electron chi connectivity index (χ1n) is 9.48. The minimum Gasteiger partial charge on any atom is -0.480 e. The molecule has 2 heterocycles. The fourth-order valence-electron chi connectivity index (χ4n) is 3.38. The Labute approximate surface area is 176 Å². The number of thiazole rings is 1. The number of anilines is 2. The second-order valence-corrected chi connectivity index (χ2v) is 7.96. The van der Waals surface area contributed by atoms with Crippen LogP contribution in [-0.2, 0) is 11.2 Å². The number of rotatable bonds is 4. The maximum Gasteiger partial charge on any atom is 0.265 e. The van der Waals surface area contributed by atoms with Crippen LogP contribution in [0.2, 0.25) is 0 Å². The van der Waals surface area contributed by atoms with Crippen molar-refractivity contribution in [1.29, 1.82) is 0 Å². The van der Waals surface area contributed by atoms with Crippen molar-refractivity contribution in [2.75, 3.05) is 10.6 Å². The van der Waals surface area contributed by atoms with Crippen LogP contribution in [0.1, 0.15) is 15.9 Å². The first-order valence-corrected chi connectivity index (χ1v) is 10.3. The number of nitrogens with one attached hydrogen (secondary N) is 2. The SMILES string of the molecule is O=C(Nc1nc2ccccc2s1)c1cccc(NC(=O)C2Cc3ccccc3O2)c1. The predicted octanol–water partition coefficient (Wildman–Crippen LogP) is 4.49. The van der Waals surface area contributed by atoms with Gasteiger partial charge in [0.05, 0.1) is 10.2 Å². The van der Waals surface area contributed by atoms with E-state index in [1.54, 1.807) is 24.3 Å². The molecule has 3 aromatic carbocycles. The van der Waals surface area contributed by atoms with Crippen LogP contribution in [-0.4, -0.2) is 22.9 Å². The average molecular weight is 415 g/mol. The smallest absolute Gasteiger partial charge is 0.265 e. The monoisotopic (exact) mass is 415 g/mol. The molecular formula is C23H17N3O3S. The number of carbonyl (C=O) groups excluding carboxylic acids is 2. The van der Waals surface area contributed by atoms with E-state index in [1.165, 1.54) is 11.3 Å². The van der Waals surface area contributed by atoms with E-state index in [2.05, 4.69) is 15.6 Å². The third kappa shape index (κ3) is 3.62. The fraction of sp³-hybridized carbons (Fsp3) is 0.0870. The van der Waals surface area contributed by atoms with Crippen LogP contribution in [0.3, 0.4) is 0 Å². The van der Waals surface area contributed by atoms with Crippen LogP contribution in [0, 0.1) is 0 Å². The van der Waals surface area contributed by atoms with Gasteiger partial charge in [-0.1, -0.05) is 47.7 Å². The average Bonchev–Trinajstić information content (AvgIpc) is 3.37. The van der Waals surface area contributed by atoms with Gasteiger partial charge in [-0.25, -0.2) is 4.98 Å². The number of benzene rings is 3. The van der Waals surface area contributed by atoms with E-state index in [0.29, 0.717) is 22.8 Å². The zero-order valence-electron chi connectivity index (χ0n) is 15.8. The Bertz CT molecular complexity index is 1210. The second-order valence-electron chi connectivity index (χ2n) is 6.93. The summed E-state index contributed by atoms with van der Waals surface area (Å²) in [6.45, 7) is 0. The topological polar surface area (TPSA) is 80.3 Å². The first-order chi connectivity index (χ1) is 14.7. The Hall–Kier alpha value is -3.71. The molecule has 0 fully saturated rings. The molecule has 1 aliphatic rings. The zero-order valence-corrected chi connectivity index (χ0v) is 16.6. The number of fused-ring (bicyclic) bond motifs is 2. The van der Waals surface area contributed by atoms with Crippen molar-refractivity contribution in [3.05, 3.63) is 83.9 Å². The van der Waals surface area contributed by atoms with E-state index in [1.807, 2.05) is 48.5 Å². The van der Waals surface area contributed by atoms with E-state index in [9.17, 15) is 9.59 Å². The molecule has 0 radical (unpaired) electrons. The van der Waals surface area contributed by atoms with Crippen LogP contribution in [0.4, 0.5) is 10.8 Å². The molecule has 0 saturated heterocycles. The Morgan fingerprint density at radius 1 is 0.967 bits per heavy atom. The molecule has 148 valence electrons. The van der Waals surface area contributed by atoms with E-state index in [-0.39, 0.29) is 11.8 Å². The molecular weight excluding hydrogens is 398 g/mol. The standard InChI is InChI=1S/C23H17N3O3S/c27-21(26-23-25-17-9-2-4-11-20(17)30-23)15-7-5-8-16(12-15)24-22(28)19-13-14-6-1-3-10-18(14)29-19/h1-12,19H,13H2,(H,24,28)(H,25,26,27). The minimum atomic E-state index is -0.581. The van der Waals surface area contributed by atoms with Crippen LogP contribution in [0.15, 0.2) is 72.8 Å². The number of hydrogen-bond donors (Lipinski definition) is 2. The molecule has 1 aromatic heterocycles. The summed E-state index contributed by atoms with van der Waals surface area (Å²) in [5.41, 5.74) is 2.83. The third-order valence-corrected chi connectivity index (χ3v) is 5.80. The predicted molar refractivity (Wildman–Crippen MR) is 117 cm³/mol. The van der Waals surface area contributed by atoms with Crippen molar-refractivity contribution in [1.82, 2.24) is 4.98 Å². The summed E-state index contributed by atoms with van der Waals surface area (Å²) in [5.74, 6) is 0.214. The summed E-state index contributed by atoms with van der Waals surface area (Å²) in [7, 11) is 0. The Kier molecular flexibility index (Phi) is 4.65. The lowest BCUT2D eigenvalue weighted by atomic mass is 10.1. The first kappa shape index (κ1) is 18.3. The zero-order chi connectivity index (χ0) is 20.5. The van der Waals surface area contributed by atoms with Crippen molar-refractivity contribution in [3.63, 3.8) is 0 Å². The van der Waals surface area contributed by atoms with Gasteiger partial charge < -0.3 is 10.1 Å². The van der Waals surface area contributed by atoms with E-state index < -0.39 is 6.10 Å². The van der Waals surface area contributed by atoms with Crippen molar-refractivity contribution >= 4 is 44.2 Å². The van der Waals surface area contributed by atoms with Gasteiger partial charge in [-0.3, -0.25) is 14.9 Å². The van der Waals surface area contributed by atoms with Gasteiger partial charge in [0.2, 0.25) is 0 Å². The Balaban J connectivity index is 1.27. The number of nitrogens with zero attached hydrogens (tertiary/aromatic N) is 1. The van der Waals surface area contributed by atoms with Gasteiger partial charge in [0.25, 0.3) is 11.8 Å². The highest BCUT2D eigenvalue weighted by molar-refractivity contribution is 7.22. The molecule has 0 aliphatic carbocycles. The third-order valence-electron chi connectivity index (χ3n) is 4.85. The van der Waals surface area contributed by atoms with Crippen LogP contribution < -0.4 is 15.4 Å². The summed E-state index contributed by atoms with van der Waals surface area (Å²) >= 11 is 1.42. The summed E-state index contributed by atoms with van der Waals surface area (Å²) in [5, 5.41) is 6.20. The molecule has 0 bridgehead atoms. The number of carbonyl (C=O) groups is 2. The molecule has 5 rings (SSSR count). The molecule has 1 aliphatic heterocycles. The highest BCUT2D eigenvalue weighted by Gasteiger charge is 2.28. The summed E-state index contributed by atoms with van der Waals surface area (Å²) in [6, 6.07) is 22.1. The highest BCUT2D eigenvalue weighted by Crippen LogP contribution is 2.29. The lowest BCUT2D eigenvalue weighted by Crippen LogP contribution is -2.31. The van der Waals surface area contributed by atoms with E-state index >= 15 is 0 Å². The molecule has 2 amide bonds. The van der Waals surface area contributed by atoms with Crippen molar-refractivity contribution in [3.8, 4) is 5.75 Å². The lowest BCUT2D eigenvalue weighted by molar-refractivity contribution is -0.122. The van der Waals surface area contributed by atoms with Gasteiger partial charge in [-0.2, -0.15) is 0 Å². The normalized spacial score (nSPS) is 14.7. The molecule has 30 heavy (non-hydrogen) atoms. The highest BCUT2D eigenvalue weighted by atomic mass is 32.1. The molecule has 2 N–H and O–H groups in total. The maximum absolute atomic E-state index is 12.7. The van der Waals surface area contributed by atoms with Crippen molar-refractivity contribution in [2.45, 2.75) is 12.5 Å². The van der Waals surface area contributed by atoms with Crippen LogP contribution in [0.5, 0.6) is 5.75 Å². The van der Waals surface area contributed by atoms with Crippen molar-refractivity contribution in [2.24, 2.45) is 0 Å². The molecule has 1 atom stereocenters. The van der Waals surface area contributed by atoms with Gasteiger partial charge >= 0.3 is 0 Å².